The van der Waals surface area contributed by atoms with Crippen LogP contribution in [-0.4, -0.2) is 25.5 Å². The maximum absolute atomic E-state index is 12.8. The largest absolute Gasteiger partial charge is 0.334 e. The van der Waals surface area contributed by atoms with E-state index in [-0.39, 0.29) is 11.7 Å². The van der Waals surface area contributed by atoms with Gasteiger partial charge >= 0.3 is 0 Å². The van der Waals surface area contributed by atoms with E-state index in [0.717, 1.165) is 31.5 Å². The third-order valence-corrected chi connectivity index (χ3v) is 3.91. The lowest BCUT2D eigenvalue weighted by Crippen LogP contribution is -3.14. The number of rotatable bonds is 4. The van der Waals surface area contributed by atoms with Gasteiger partial charge in [0, 0.05) is 17.5 Å². The van der Waals surface area contributed by atoms with Gasteiger partial charge in [0.1, 0.15) is 5.82 Å². The van der Waals surface area contributed by atoms with Crippen LogP contribution in [0.15, 0.2) is 24.3 Å². The molecule has 1 aromatic rings. The van der Waals surface area contributed by atoms with Gasteiger partial charge in [-0.3, -0.25) is 4.79 Å². The van der Waals surface area contributed by atoms with Crippen molar-refractivity contribution in [1.29, 1.82) is 0 Å². The Balaban J connectivity index is 1.76. The molecule has 0 bridgehead atoms. The Labute approximate surface area is 120 Å². The van der Waals surface area contributed by atoms with Crippen LogP contribution in [0.25, 0.3) is 0 Å². The van der Waals surface area contributed by atoms with Gasteiger partial charge in [0.25, 0.3) is 0 Å². The molecule has 0 saturated carbocycles. The van der Waals surface area contributed by atoms with Crippen molar-refractivity contribution in [3.63, 3.8) is 0 Å². The number of anilines is 1. The number of amides is 1. The number of benzene rings is 1. The first-order valence-electron chi connectivity index (χ1n) is 7.42. The van der Waals surface area contributed by atoms with Gasteiger partial charge in [0.15, 0.2) is 0 Å². The van der Waals surface area contributed by atoms with Crippen molar-refractivity contribution in [3.8, 4) is 0 Å². The highest BCUT2D eigenvalue weighted by atomic mass is 19.1. The lowest BCUT2D eigenvalue weighted by Gasteiger charge is -2.31. The van der Waals surface area contributed by atoms with Gasteiger partial charge in [0.2, 0.25) is 5.91 Å². The quantitative estimate of drug-likeness (QED) is 0.864. The van der Waals surface area contributed by atoms with E-state index in [9.17, 15) is 9.18 Å². The van der Waals surface area contributed by atoms with Crippen molar-refractivity contribution in [1.82, 2.24) is 0 Å². The second kappa shape index (κ2) is 6.84. The molecule has 1 aromatic carbocycles. The highest BCUT2D eigenvalue weighted by Crippen LogP contribution is 2.12. The van der Waals surface area contributed by atoms with E-state index in [1.54, 1.807) is 12.1 Å². The van der Waals surface area contributed by atoms with Crippen molar-refractivity contribution in [3.05, 3.63) is 30.1 Å². The predicted molar refractivity (Wildman–Crippen MR) is 78.2 cm³/mol. The van der Waals surface area contributed by atoms with Gasteiger partial charge < -0.3 is 10.2 Å². The molecule has 0 aliphatic carbocycles. The molecular formula is C16H24FN2O+. The molecule has 0 spiro atoms. The smallest absolute Gasteiger partial charge is 0.230 e. The van der Waals surface area contributed by atoms with Crippen LogP contribution in [0.1, 0.15) is 26.7 Å². The Hall–Kier alpha value is -1.42. The average molecular weight is 279 g/mol. The summed E-state index contributed by atoms with van der Waals surface area (Å²) < 4.78 is 12.8. The van der Waals surface area contributed by atoms with E-state index in [1.807, 2.05) is 0 Å². The zero-order chi connectivity index (χ0) is 14.5. The summed E-state index contributed by atoms with van der Waals surface area (Å²) in [7, 11) is 0. The number of likely N-dealkylation sites (tertiary alicyclic amines) is 1. The Morgan fingerprint density at radius 3 is 2.45 bits per heavy atom. The SMILES string of the molecule is C[C@H]1C[C@H](C)C[NH+](CCC(=O)Nc2ccc(F)cc2)C1. The van der Waals surface area contributed by atoms with Gasteiger partial charge in [-0.05, 0) is 30.7 Å². The molecule has 2 atom stereocenters. The van der Waals surface area contributed by atoms with E-state index in [0.29, 0.717) is 12.1 Å². The summed E-state index contributed by atoms with van der Waals surface area (Å²) in [5.74, 6) is 1.21. The average Bonchev–Trinajstić information content (AvgIpc) is 2.38. The van der Waals surface area contributed by atoms with Crippen molar-refractivity contribution in [2.24, 2.45) is 11.8 Å². The van der Waals surface area contributed by atoms with Crippen LogP contribution in [0.2, 0.25) is 0 Å². The fourth-order valence-corrected chi connectivity index (χ4v) is 3.17. The van der Waals surface area contributed by atoms with E-state index in [4.69, 9.17) is 0 Å². The summed E-state index contributed by atoms with van der Waals surface area (Å²) in [6.07, 6.45) is 1.82. The molecule has 0 unspecified atom stereocenters. The van der Waals surface area contributed by atoms with Gasteiger partial charge in [0.05, 0.1) is 26.1 Å². The monoisotopic (exact) mass is 279 g/mol. The second-order valence-corrected chi connectivity index (χ2v) is 6.16. The summed E-state index contributed by atoms with van der Waals surface area (Å²) in [5, 5.41) is 2.81. The molecule has 4 heteroatoms. The zero-order valence-electron chi connectivity index (χ0n) is 12.3. The topological polar surface area (TPSA) is 33.5 Å². The maximum Gasteiger partial charge on any atom is 0.230 e. The zero-order valence-corrected chi connectivity index (χ0v) is 12.3. The summed E-state index contributed by atoms with van der Waals surface area (Å²) in [6, 6.07) is 5.89. The number of nitrogens with one attached hydrogen (secondary N) is 2. The maximum atomic E-state index is 12.8. The molecule has 0 radical (unpaired) electrons. The Bertz CT molecular complexity index is 436. The molecule has 1 amide bonds. The fraction of sp³-hybridized carbons (Fsp3) is 0.562. The second-order valence-electron chi connectivity index (χ2n) is 6.16. The van der Waals surface area contributed by atoms with E-state index < -0.39 is 0 Å². The molecule has 1 fully saturated rings. The standard InChI is InChI=1S/C16H23FN2O/c1-12-9-13(2)11-19(10-12)8-7-16(20)18-15-5-3-14(17)4-6-15/h3-6,12-13H,7-11H2,1-2H3,(H,18,20)/p+1/t12-,13-/m0/s1. The third kappa shape index (κ3) is 4.60. The minimum atomic E-state index is -0.288. The number of carbonyl (C=O) groups is 1. The minimum absolute atomic E-state index is 0.00925. The Morgan fingerprint density at radius 1 is 1.25 bits per heavy atom. The summed E-state index contributed by atoms with van der Waals surface area (Å²) >= 11 is 0. The van der Waals surface area contributed by atoms with Crippen LogP contribution in [0.5, 0.6) is 0 Å². The van der Waals surface area contributed by atoms with Crippen molar-refractivity contribution < 1.29 is 14.1 Å². The van der Waals surface area contributed by atoms with Crippen molar-refractivity contribution in [2.45, 2.75) is 26.7 Å². The molecule has 2 N–H and O–H groups in total. The highest BCUT2D eigenvalue weighted by molar-refractivity contribution is 5.90. The number of halogens is 1. The Morgan fingerprint density at radius 2 is 1.85 bits per heavy atom. The van der Waals surface area contributed by atoms with Crippen LogP contribution in [-0.2, 0) is 4.79 Å². The lowest BCUT2D eigenvalue weighted by molar-refractivity contribution is -0.911. The number of piperidine rings is 1. The van der Waals surface area contributed by atoms with Gasteiger partial charge in [-0.25, -0.2) is 4.39 Å². The first kappa shape index (κ1) is 15.0. The Kier molecular flexibility index (Phi) is 5.12. The van der Waals surface area contributed by atoms with Crippen LogP contribution in [0.4, 0.5) is 10.1 Å². The van der Waals surface area contributed by atoms with Gasteiger partial charge in [-0.2, -0.15) is 0 Å². The third-order valence-electron chi connectivity index (χ3n) is 3.91. The van der Waals surface area contributed by atoms with Crippen molar-refractivity contribution >= 4 is 11.6 Å². The summed E-state index contributed by atoms with van der Waals surface area (Å²) in [4.78, 5) is 13.4. The van der Waals surface area contributed by atoms with Crippen LogP contribution >= 0.6 is 0 Å². The van der Waals surface area contributed by atoms with Crippen molar-refractivity contribution in [2.75, 3.05) is 25.0 Å². The first-order valence-corrected chi connectivity index (χ1v) is 7.42. The normalized spacial score (nSPS) is 26.2. The first-order chi connectivity index (χ1) is 9.52. The molecule has 0 aromatic heterocycles. The van der Waals surface area contributed by atoms with E-state index >= 15 is 0 Å². The lowest BCUT2D eigenvalue weighted by atomic mass is 9.92. The van der Waals surface area contributed by atoms with E-state index in [1.165, 1.54) is 23.5 Å². The molecule has 1 aliphatic heterocycles. The molecular weight excluding hydrogens is 255 g/mol. The molecule has 20 heavy (non-hydrogen) atoms. The molecule has 2 rings (SSSR count). The van der Waals surface area contributed by atoms with E-state index in [2.05, 4.69) is 19.2 Å². The molecule has 110 valence electrons. The number of hydrogen-bond donors (Lipinski definition) is 2. The predicted octanol–water partition coefficient (Wildman–Crippen LogP) is 1.72. The van der Waals surface area contributed by atoms with Crippen LogP contribution < -0.4 is 10.2 Å². The summed E-state index contributed by atoms with van der Waals surface area (Å²) in [6.45, 7) is 7.77. The fourth-order valence-electron chi connectivity index (χ4n) is 3.17. The molecule has 1 heterocycles. The highest BCUT2D eigenvalue weighted by Gasteiger charge is 2.25. The number of hydrogen-bond acceptors (Lipinski definition) is 1. The molecule has 1 aliphatic rings. The van der Waals surface area contributed by atoms with Gasteiger partial charge in [-0.1, -0.05) is 13.8 Å². The molecule has 3 nitrogen and oxygen atoms in total. The van der Waals surface area contributed by atoms with Crippen LogP contribution in [0, 0.1) is 17.7 Å². The number of quaternary nitrogens is 1. The number of carbonyl (C=O) groups excluding carboxylic acids is 1. The van der Waals surface area contributed by atoms with Crippen LogP contribution in [0.3, 0.4) is 0 Å². The van der Waals surface area contributed by atoms with Gasteiger partial charge in [-0.15, -0.1) is 0 Å². The minimum Gasteiger partial charge on any atom is -0.334 e. The summed E-state index contributed by atoms with van der Waals surface area (Å²) in [5.41, 5.74) is 0.659. The molecule has 1 saturated heterocycles.